The summed E-state index contributed by atoms with van der Waals surface area (Å²) in [5, 5.41) is 0. The van der Waals surface area contributed by atoms with Crippen molar-refractivity contribution in [2.24, 2.45) is 0 Å². The number of aromatic nitrogens is 1. The zero-order valence-corrected chi connectivity index (χ0v) is 16.9. The number of rotatable bonds is 4. The van der Waals surface area contributed by atoms with Crippen LogP contribution in [0.2, 0.25) is 0 Å². The number of anilines is 2. The maximum Gasteiger partial charge on any atom is 0.325 e. The summed E-state index contributed by atoms with van der Waals surface area (Å²) in [6.07, 6.45) is -0.0875. The van der Waals surface area contributed by atoms with Gasteiger partial charge in [-0.25, -0.2) is 13.2 Å². The van der Waals surface area contributed by atoms with Crippen LogP contribution in [0, 0.1) is 17.5 Å². The zero-order chi connectivity index (χ0) is 22.3. The normalized spacial score (nSPS) is 15.7. The predicted octanol–water partition coefficient (Wildman–Crippen LogP) is 3.70. The van der Waals surface area contributed by atoms with Crippen LogP contribution >= 0.6 is 11.3 Å². The number of ether oxygens (including phenoxy) is 1. The van der Waals surface area contributed by atoms with Crippen molar-refractivity contribution in [3.8, 4) is 0 Å². The van der Waals surface area contributed by atoms with Crippen LogP contribution < -0.4 is 9.77 Å². The van der Waals surface area contributed by atoms with Crippen LogP contribution in [0.4, 0.5) is 24.7 Å². The van der Waals surface area contributed by atoms with Crippen LogP contribution in [0.1, 0.15) is 22.8 Å². The van der Waals surface area contributed by atoms with Crippen LogP contribution in [0.5, 0.6) is 0 Å². The highest BCUT2D eigenvalue weighted by atomic mass is 32.1. The highest BCUT2D eigenvalue weighted by Crippen LogP contribution is 2.45. The monoisotopic (exact) mass is 448 g/mol. The van der Waals surface area contributed by atoms with E-state index in [0.717, 1.165) is 33.5 Å². The lowest BCUT2D eigenvalue weighted by Gasteiger charge is -2.32. The molecule has 31 heavy (non-hydrogen) atoms. The molecule has 0 spiro atoms. The number of carbonyl (C=O) groups excluding carboxylic acids is 2. The molecular weight excluding hydrogens is 433 g/mol. The van der Waals surface area contributed by atoms with Crippen LogP contribution in [0.15, 0.2) is 47.3 Å². The summed E-state index contributed by atoms with van der Waals surface area (Å²) in [7, 11) is 1.15. The largest absolute Gasteiger partial charge is 0.468 e. The number of carbonyl (C=O) groups is 2. The first-order chi connectivity index (χ1) is 14.8. The van der Waals surface area contributed by atoms with Gasteiger partial charge in [-0.2, -0.15) is 0 Å². The average molecular weight is 448 g/mol. The van der Waals surface area contributed by atoms with E-state index in [0.29, 0.717) is 17.0 Å². The SMILES string of the molecule is COC(=O)Cn1c2c(sc1=O)C(c1ccccc1)CC(=O)N2c1cc(F)c(F)c(F)c1. The Labute approximate surface area is 178 Å². The second kappa shape index (κ2) is 8.03. The van der Waals surface area contributed by atoms with E-state index in [1.54, 1.807) is 30.3 Å². The van der Waals surface area contributed by atoms with Gasteiger partial charge in [0, 0.05) is 24.5 Å². The molecule has 1 aromatic heterocycles. The summed E-state index contributed by atoms with van der Waals surface area (Å²) in [5.74, 6) is -6.43. The Balaban J connectivity index is 1.95. The van der Waals surface area contributed by atoms with E-state index in [9.17, 15) is 27.6 Å². The number of fused-ring (bicyclic) bond motifs is 1. The van der Waals surface area contributed by atoms with Gasteiger partial charge in [-0.3, -0.25) is 23.9 Å². The molecule has 3 aromatic rings. The molecule has 2 heterocycles. The maximum atomic E-state index is 13.9. The van der Waals surface area contributed by atoms with Gasteiger partial charge >= 0.3 is 10.8 Å². The molecular formula is C21H15F3N2O4S. The minimum absolute atomic E-state index is 0.0101. The molecule has 0 fully saturated rings. The zero-order valence-electron chi connectivity index (χ0n) is 16.1. The number of thiazole rings is 1. The second-order valence-corrected chi connectivity index (χ2v) is 7.83. The summed E-state index contributed by atoms with van der Waals surface area (Å²) in [6.45, 7) is -0.501. The molecule has 1 amide bonds. The predicted molar refractivity (Wildman–Crippen MR) is 107 cm³/mol. The Morgan fingerprint density at radius 2 is 1.77 bits per heavy atom. The highest BCUT2D eigenvalue weighted by molar-refractivity contribution is 7.10. The van der Waals surface area contributed by atoms with Gasteiger partial charge in [-0.1, -0.05) is 41.7 Å². The third kappa shape index (κ3) is 3.63. The molecule has 10 heteroatoms. The number of benzene rings is 2. The molecule has 0 saturated heterocycles. The van der Waals surface area contributed by atoms with E-state index in [4.69, 9.17) is 0 Å². The number of hydrogen-bond acceptors (Lipinski definition) is 5. The van der Waals surface area contributed by atoms with Gasteiger partial charge in [-0.15, -0.1) is 0 Å². The Hall–Kier alpha value is -3.40. The molecule has 0 N–H and O–H groups in total. The van der Waals surface area contributed by atoms with Crippen LogP contribution in [0.3, 0.4) is 0 Å². The molecule has 6 nitrogen and oxygen atoms in total. The number of amides is 1. The number of halogens is 3. The van der Waals surface area contributed by atoms with Crippen molar-refractivity contribution < 1.29 is 27.5 Å². The first kappa shape index (κ1) is 20.9. The lowest BCUT2D eigenvalue weighted by atomic mass is 9.90. The van der Waals surface area contributed by atoms with Crippen molar-refractivity contribution >= 4 is 34.7 Å². The lowest BCUT2D eigenvalue weighted by Crippen LogP contribution is -2.36. The smallest absolute Gasteiger partial charge is 0.325 e. The summed E-state index contributed by atoms with van der Waals surface area (Å²) in [5.41, 5.74) is 0.477. The van der Waals surface area contributed by atoms with E-state index >= 15 is 0 Å². The standard InChI is InChI=1S/C21H15F3N2O4S/c1-30-17(28)10-25-20-19(31-21(25)29)13(11-5-3-2-4-6-11)9-16(27)26(20)12-7-14(22)18(24)15(23)8-12/h2-8,13H,9-10H2,1H3. The Morgan fingerprint density at radius 3 is 2.39 bits per heavy atom. The van der Waals surface area contributed by atoms with E-state index < -0.39 is 46.7 Å². The van der Waals surface area contributed by atoms with Gasteiger partial charge in [0.1, 0.15) is 12.4 Å². The second-order valence-electron chi connectivity index (χ2n) is 6.84. The van der Waals surface area contributed by atoms with Gasteiger partial charge in [-0.05, 0) is 5.56 Å². The first-order valence-corrected chi connectivity index (χ1v) is 9.96. The molecule has 160 valence electrons. The fourth-order valence-electron chi connectivity index (χ4n) is 3.57. The molecule has 1 aliphatic heterocycles. The minimum Gasteiger partial charge on any atom is -0.468 e. The van der Waals surface area contributed by atoms with Gasteiger partial charge in [0.25, 0.3) is 0 Å². The summed E-state index contributed by atoms with van der Waals surface area (Å²) >= 11 is 0.828. The third-order valence-corrected chi connectivity index (χ3v) is 6.08. The molecule has 0 bridgehead atoms. The number of esters is 1. The van der Waals surface area contributed by atoms with Crippen LogP contribution in [0.25, 0.3) is 0 Å². The third-order valence-electron chi connectivity index (χ3n) is 4.99. The molecule has 0 saturated carbocycles. The quantitative estimate of drug-likeness (QED) is 0.451. The number of nitrogens with zero attached hydrogens (tertiary/aromatic N) is 2. The van der Waals surface area contributed by atoms with Crippen molar-refractivity contribution in [2.45, 2.75) is 18.9 Å². The Bertz CT molecular complexity index is 1220. The van der Waals surface area contributed by atoms with Crippen molar-refractivity contribution in [1.29, 1.82) is 0 Å². The van der Waals surface area contributed by atoms with E-state index in [1.807, 2.05) is 0 Å². The van der Waals surface area contributed by atoms with Crippen molar-refractivity contribution in [3.05, 3.63) is 80.0 Å². The fourth-order valence-corrected chi connectivity index (χ4v) is 4.68. The summed E-state index contributed by atoms with van der Waals surface area (Å²) < 4.78 is 47.0. The summed E-state index contributed by atoms with van der Waals surface area (Å²) in [6, 6.07) is 10.3. The lowest BCUT2D eigenvalue weighted by molar-refractivity contribution is -0.141. The molecule has 1 unspecified atom stereocenters. The van der Waals surface area contributed by atoms with E-state index in [1.165, 1.54) is 0 Å². The average Bonchev–Trinajstić information content (AvgIpc) is 3.07. The van der Waals surface area contributed by atoms with Crippen LogP contribution in [-0.4, -0.2) is 23.6 Å². The first-order valence-electron chi connectivity index (χ1n) is 9.14. The molecule has 1 aliphatic rings. The molecule has 2 aromatic carbocycles. The van der Waals surface area contributed by atoms with Gasteiger partial charge in [0.05, 0.1) is 17.7 Å². The van der Waals surface area contributed by atoms with E-state index in [2.05, 4.69) is 4.74 Å². The van der Waals surface area contributed by atoms with Gasteiger partial charge in [0.15, 0.2) is 17.5 Å². The Kier molecular flexibility index (Phi) is 5.40. The molecule has 0 radical (unpaired) electrons. The molecule has 0 aliphatic carbocycles. The minimum atomic E-state index is -1.67. The number of methoxy groups -OCH3 is 1. The van der Waals surface area contributed by atoms with Crippen LogP contribution in [-0.2, 0) is 20.9 Å². The van der Waals surface area contributed by atoms with Crippen molar-refractivity contribution in [2.75, 3.05) is 12.0 Å². The molecule has 4 rings (SSSR count). The highest BCUT2D eigenvalue weighted by Gasteiger charge is 2.39. The van der Waals surface area contributed by atoms with Crippen molar-refractivity contribution in [3.63, 3.8) is 0 Å². The van der Waals surface area contributed by atoms with Crippen molar-refractivity contribution in [1.82, 2.24) is 4.57 Å². The fraction of sp³-hybridized carbons (Fsp3) is 0.190. The maximum absolute atomic E-state index is 13.9. The number of hydrogen-bond donors (Lipinski definition) is 0. The van der Waals surface area contributed by atoms with Gasteiger partial charge < -0.3 is 4.74 Å². The van der Waals surface area contributed by atoms with Gasteiger partial charge in [0.2, 0.25) is 5.91 Å². The molecule has 1 atom stereocenters. The van der Waals surface area contributed by atoms with E-state index in [-0.39, 0.29) is 17.9 Å². The Morgan fingerprint density at radius 1 is 1.13 bits per heavy atom. The topological polar surface area (TPSA) is 68.6 Å². The summed E-state index contributed by atoms with van der Waals surface area (Å²) in [4.78, 5) is 38.6.